The highest BCUT2D eigenvalue weighted by atomic mass is 32.1. The molecule has 5 heteroatoms. The fourth-order valence-corrected chi connectivity index (χ4v) is 2.72. The van der Waals surface area contributed by atoms with Gasteiger partial charge in [0.05, 0.1) is 5.56 Å². The molecule has 2 N–H and O–H groups in total. The number of carbonyl (C=O) groups is 1. The molecule has 0 spiro atoms. The Kier molecular flexibility index (Phi) is 2.33. The molecule has 2 aromatic heterocycles. The lowest BCUT2D eigenvalue weighted by Gasteiger charge is -2.25. The minimum absolute atomic E-state index is 0.0806. The molecule has 3 rings (SSSR count). The summed E-state index contributed by atoms with van der Waals surface area (Å²) in [6.07, 6.45) is 1.50. The summed E-state index contributed by atoms with van der Waals surface area (Å²) in [4.78, 5) is 18.4. The van der Waals surface area contributed by atoms with Crippen LogP contribution in [0, 0.1) is 6.92 Å². The molecule has 1 atom stereocenters. The highest BCUT2D eigenvalue weighted by Crippen LogP contribution is 2.28. The Bertz CT molecular complexity index is 579. The smallest absolute Gasteiger partial charge is 0.256 e. The van der Waals surface area contributed by atoms with Crippen LogP contribution in [0.5, 0.6) is 0 Å². The largest absolute Gasteiger partial charge is 0.345 e. The number of thiophene rings is 1. The number of nitrogens with one attached hydrogen (secondary N) is 2. The average molecular weight is 245 g/mol. The van der Waals surface area contributed by atoms with Gasteiger partial charge in [0.1, 0.15) is 12.0 Å². The van der Waals surface area contributed by atoms with Gasteiger partial charge in [0.25, 0.3) is 5.91 Å². The molecule has 1 aliphatic heterocycles. The van der Waals surface area contributed by atoms with E-state index in [0.29, 0.717) is 11.4 Å². The summed E-state index contributed by atoms with van der Waals surface area (Å²) in [5, 5.41) is 6.15. The van der Waals surface area contributed by atoms with Crippen molar-refractivity contribution in [1.82, 2.24) is 10.3 Å². The van der Waals surface area contributed by atoms with Crippen molar-refractivity contribution in [2.45, 2.75) is 13.1 Å². The molecule has 1 unspecified atom stereocenters. The number of anilines is 1. The molecular formula is C12H11N3OS. The molecule has 0 aliphatic carbocycles. The van der Waals surface area contributed by atoms with Crippen molar-refractivity contribution in [2.75, 3.05) is 5.32 Å². The van der Waals surface area contributed by atoms with Crippen LogP contribution in [0.15, 0.2) is 30.5 Å². The molecule has 3 heterocycles. The number of hydrogen-bond acceptors (Lipinski definition) is 4. The molecule has 0 bridgehead atoms. The van der Waals surface area contributed by atoms with Crippen LogP contribution in [0.2, 0.25) is 0 Å². The predicted molar refractivity (Wildman–Crippen MR) is 67.1 cm³/mol. The van der Waals surface area contributed by atoms with E-state index in [1.165, 1.54) is 4.88 Å². The van der Waals surface area contributed by atoms with E-state index in [4.69, 9.17) is 0 Å². The van der Waals surface area contributed by atoms with E-state index in [1.807, 2.05) is 19.1 Å². The Hall–Kier alpha value is -1.88. The van der Waals surface area contributed by atoms with E-state index in [1.54, 1.807) is 29.7 Å². The Morgan fingerprint density at radius 2 is 2.18 bits per heavy atom. The van der Waals surface area contributed by atoms with Crippen LogP contribution in [0.25, 0.3) is 0 Å². The second-order valence-corrected chi connectivity index (χ2v) is 5.22. The second-order valence-electron chi connectivity index (χ2n) is 3.90. The summed E-state index contributed by atoms with van der Waals surface area (Å²) in [6.45, 7) is 2.05. The summed E-state index contributed by atoms with van der Waals surface area (Å²) in [5.41, 5.74) is 0.594. The zero-order valence-electron chi connectivity index (χ0n) is 9.23. The SMILES string of the molecule is Cc1ccc(C2NC(=O)c3cccnc3N2)s1. The van der Waals surface area contributed by atoms with Crippen molar-refractivity contribution in [3.63, 3.8) is 0 Å². The lowest BCUT2D eigenvalue weighted by Crippen LogP contribution is -2.38. The number of hydrogen-bond donors (Lipinski definition) is 2. The molecule has 0 radical (unpaired) electrons. The number of pyridine rings is 1. The van der Waals surface area contributed by atoms with E-state index in [0.717, 1.165) is 4.88 Å². The number of aryl methyl sites for hydroxylation is 1. The third kappa shape index (κ3) is 1.78. The van der Waals surface area contributed by atoms with Crippen molar-refractivity contribution < 1.29 is 4.79 Å². The normalized spacial score (nSPS) is 18.2. The second kappa shape index (κ2) is 3.85. The summed E-state index contributed by atoms with van der Waals surface area (Å²) in [5.74, 6) is 0.565. The standard InChI is InChI=1S/C12H11N3OS/c1-7-4-5-9(17-7)11-14-10-8(12(16)15-11)3-2-6-13-10/h2-6,11H,1H3,(H,13,14)(H,15,16). The molecule has 4 nitrogen and oxygen atoms in total. The quantitative estimate of drug-likeness (QED) is 0.810. The van der Waals surface area contributed by atoms with Crippen LogP contribution in [-0.2, 0) is 0 Å². The fourth-order valence-electron chi connectivity index (χ4n) is 1.84. The van der Waals surface area contributed by atoms with E-state index in [9.17, 15) is 4.79 Å². The Labute approximate surface area is 103 Å². The summed E-state index contributed by atoms with van der Waals surface area (Å²) >= 11 is 1.67. The molecule has 86 valence electrons. The van der Waals surface area contributed by atoms with Gasteiger partial charge in [-0.15, -0.1) is 11.3 Å². The first kappa shape index (κ1) is 10.3. The zero-order valence-corrected chi connectivity index (χ0v) is 10.0. The van der Waals surface area contributed by atoms with Crippen LogP contribution in [0.4, 0.5) is 5.82 Å². The van der Waals surface area contributed by atoms with Crippen molar-refractivity contribution in [1.29, 1.82) is 0 Å². The lowest BCUT2D eigenvalue weighted by atomic mass is 10.2. The Balaban J connectivity index is 1.96. The molecule has 17 heavy (non-hydrogen) atoms. The zero-order chi connectivity index (χ0) is 11.8. The molecule has 1 amide bonds. The van der Waals surface area contributed by atoms with Gasteiger partial charge in [-0.1, -0.05) is 0 Å². The number of fused-ring (bicyclic) bond motifs is 1. The average Bonchev–Trinajstić information content (AvgIpc) is 2.76. The van der Waals surface area contributed by atoms with Crippen molar-refractivity contribution in [3.05, 3.63) is 45.8 Å². The van der Waals surface area contributed by atoms with Gasteiger partial charge in [-0.3, -0.25) is 4.79 Å². The number of carbonyl (C=O) groups excluding carboxylic acids is 1. The summed E-state index contributed by atoms with van der Waals surface area (Å²) in [7, 11) is 0. The van der Waals surface area contributed by atoms with Gasteiger partial charge in [0, 0.05) is 16.0 Å². The highest BCUT2D eigenvalue weighted by Gasteiger charge is 2.25. The Morgan fingerprint density at radius 3 is 2.94 bits per heavy atom. The maximum atomic E-state index is 11.9. The number of aromatic nitrogens is 1. The molecule has 0 saturated carbocycles. The highest BCUT2D eigenvalue weighted by molar-refractivity contribution is 7.12. The third-order valence-corrected chi connectivity index (χ3v) is 3.72. The molecule has 0 aromatic carbocycles. The molecule has 0 saturated heterocycles. The first-order valence-corrected chi connectivity index (χ1v) is 6.14. The lowest BCUT2D eigenvalue weighted by molar-refractivity contribution is 0.0935. The number of nitrogens with zero attached hydrogens (tertiary/aromatic N) is 1. The molecule has 0 fully saturated rings. The van der Waals surface area contributed by atoms with Crippen LogP contribution < -0.4 is 10.6 Å². The van der Waals surface area contributed by atoms with E-state index < -0.39 is 0 Å². The van der Waals surface area contributed by atoms with Crippen molar-refractivity contribution >= 4 is 23.1 Å². The molecule has 1 aliphatic rings. The van der Waals surface area contributed by atoms with Gasteiger partial charge in [-0.25, -0.2) is 4.98 Å². The van der Waals surface area contributed by atoms with Crippen LogP contribution >= 0.6 is 11.3 Å². The van der Waals surface area contributed by atoms with Crippen LogP contribution in [-0.4, -0.2) is 10.9 Å². The van der Waals surface area contributed by atoms with Gasteiger partial charge in [0.15, 0.2) is 0 Å². The van der Waals surface area contributed by atoms with E-state index in [2.05, 4.69) is 15.6 Å². The van der Waals surface area contributed by atoms with Gasteiger partial charge < -0.3 is 10.6 Å². The fraction of sp³-hybridized carbons (Fsp3) is 0.167. The number of rotatable bonds is 1. The molecular weight excluding hydrogens is 234 g/mol. The minimum Gasteiger partial charge on any atom is -0.345 e. The Morgan fingerprint density at radius 1 is 1.29 bits per heavy atom. The van der Waals surface area contributed by atoms with Gasteiger partial charge in [-0.05, 0) is 31.2 Å². The maximum Gasteiger partial charge on any atom is 0.256 e. The monoisotopic (exact) mass is 245 g/mol. The van der Waals surface area contributed by atoms with Gasteiger partial charge in [-0.2, -0.15) is 0 Å². The van der Waals surface area contributed by atoms with E-state index >= 15 is 0 Å². The number of amides is 1. The predicted octanol–water partition coefficient (Wildman–Crippen LogP) is 2.31. The third-order valence-electron chi connectivity index (χ3n) is 2.65. The first-order valence-electron chi connectivity index (χ1n) is 5.33. The first-order chi connectivity index (χ1) is 8.24. The van der Waals surface area contributed by atoms with E-state index in [-0.39, 0.29) is 12.1 Å². The van der Waals surface area contributed by atoms with Crippen molar-refractivity contribution in [2.24, 2.45) is 0 Å². The van der Waals surface area contributed by atoms with Gasteiger partial charge in [0.2, 0.25) is 0 Å². The van der Waals surface area contributed by atoms with Gasteiger partial charge >= 0.3 is 0 Å². The van der Waals surface area contributed by atoms with Crippen LogP contribution in [0.3, 0.4) is 0 Å². The van der Waals surface area contributed by atoms with Crippen molar-refractivity contribution in [3.8, 4) is 0 Å². The summed E-state index contributed by atoms with van der Waals surface area (Å²) in [6, 6.07) is 7.59. The maximum absolute atomic E-state index is 11.9. The summed E-state index contributed by atoms with van der Waals surface area (Å²) < 4.78 is 0. The minimum atomic E-state index is -0.177. The van der Waals surface area contributed by atoms with Crippen LogP contribution in [0.1, 0.15) is 26.3 Å². The molecule has 2 aromatic rings. The topological polar surface area (TPSA) is 54.0 Å².